The zero-order valence-electron chi connectivity index (χ0n) is 16.5. The summed E-state index contributed by atoms with van der Waals surface area (Å²) in [6, 6.07) is 20.8. The van der Waals surface area contributed by atoms with Gasteiger partial charge in [0.05, 0.1) is 28.9 Å². The van der Waals surface area contributed by atoms with Gasteiger partial charge in [0, 0.05) is 4.47 Å². The minimum Gasteiger partial charge on any atom is -0.465 e. The third kappa shape index (κ3) is 5.31. The Kier molecular flexibility index (Phi) is 7.09. The molecule has 0 saturated heterocycles. The minimum atomic E-state index is -4.02. The van der Waals surface area contributed by atoms with Crippen LogP contribution in [0.15, 0.2) is 88.2 Å². The van der Waals surface area contributed by atoms with Crippen molar-refractivity contribution >= 4 is 49.2 Å². The molecule has 7 nitrogen and oxygen atoms in total. The molecule has 0 spiro atoms. The number of nitrogens with one attached hydrogen (secondary N) is 1. The molecule has 3 aromatic carbocycles. The lowest BCUT2D eigenvalue weighted by Crippen LogP contribution is -2.38. The zero-order chi connectivity index (χ0) is 22.4. The van der Waals surface area contributed by atoms with Crippen molar-refractivity contribution in [1.29, 1.82) is 0 Å². The summed E-state index contributed by atoms with van der Waals surface area (Å²) in [5.41, 5.74) is 0.718. The average molecular weight is 503 g/mol. The van der Waals surface area contributed by atoms with Gasteiger partial charge in [-0.3, -0.25) is 9.10 Å². The largest absolute Gasteiger partial charge is 0.465 e. The van der Waals surface area contributed by atoms with E-state index in [2.05, 4.69) is 21.2 Å². The van der Waals surface area contributed by atoms with E-state index in [1.54, 1.807) is 60.7 Å². The molecular formula is C22H19BrN2O5S. The van der Waals surface area contributed by atoms with Gasteiger partial charge in [-0.05, 0) is 48.5 Å². The van der Waals surface area contributed by atoms with Gasteiger partial charge in [-0.25, -0.2) is 13.2 Å². The molecule has 31 heavy (non-hydrogen) atoms. The molecule has 0 aliphatic rings. The molecule has 0 aliphatic heterocycles. The first kappa shape index (κ1) is 22.5. The lowest BCUT2D eigenvalue weighted by Gasteiger charge is -2.24. The molecule has 3 rings (SSSR count). The predicted molar refractivity (Wildman–Crippen MR) is 122 cm³/mol. The molecule has 0 heterocycles. The van der Waals surface area contributed by atoms with E-state index in [0.717, 1.165) is 8.78 Å². The fraction of sp³-hybridized carbons (Fsp3) is 0.0909. The highest BCUT2D eigenvalue weighted by Crippen LogP contribution is 2.25. The quantitative estimate of drug-likeness (QED) is 0.491. The lowest BCUT2D eigenvalue weighted by atomic mass is 10.2. The van der Waals surface area contributed by atoms with E-state index in [0.29, 0.717) is 5.69 Å². The van der Waals surface area contributed by atoms with E-state index in [9.17, 15) is 18.0 Å². The molecule has 0 atom stereocenters. The van der Waals surface area contributed by atoms with E-state index < -0.39 is 28.4 Å². The van der Waals surface area contributed by atoms with Crippen molar-refractivity contribution in [2.75, 3.05) is 23.3 Å². The van der Waals surface area contributed by atoms with Crippen molar-refractivity contribution < 1.29 is 22.7 Å². The van der Waals surface area contributed by atoms with E-state index in [1.807, 2.05) is 0 Å². The van der Waals surface area contributed by atoms with Gasteiger partial charge in [-0.15, -0.1) is 0 Å². The van der Waals surface area contributed by atoms with E-state index in [-0.39, 0.29) is 16.1 Å². The molecule has 1 N–H and O–H groups in total. The molecule has 0 aromatic heterocycles. The van der Waals surface area contributed by atoms with Crippen molar-refractivity contribution in [3.63, 3.8) is 0 Å². The number of halogens is 1. The Morgan fingerprint density at radius 2 is 1.55 bits per heavy atom. The fourth-order valence-corrected chi connectivity index (χ4v) is 4.55. The van der Waals surface area contributed by atoms with E-state index >= 15 is 0 Å². The van der Waals surface area contributed by atoms with Crippen molar-refractivity contribution in [3.8, 4) is 0 Å². The Bertz CT molecular complexity index is 1180. The number of para-hydroxylation sites is 1. The molecule has 0 aliphatic carbocycles. The Hall–Kier alpha value is -3.17. The van der Waals surface area contributed by atoms with Crippen LogP contribution in [0.4, 0.5) is 11.4 Å². The van der Waals surface area contributed by atoms with Crippen molar-refractivity contribution in [1.82, 2.24) is 0 Å². The number of ether oxygens (including phenoxy) is 1. The maximum absolute atomic E-state index is 13.3. The predicted octanol–water partition coefficient (Wildman–Crippen LogP) is 4.07. The Morgan fingerprint density at radius 3 is 2.19 bits per heavy atom. The minimum absolute atomic E-state index is 0.0562. The van der Waals surface area contributed by atoms with Crippen LogP contribution in [-0.2, 0) is 19.6 Å². The summed E-state index contributed by atoms with van der Waals surface area (Å²) >= 11 is 3.32. The molecule has 0 fully saturated rings. The number of methoxy groups -OCH3 is 1. The third-order valence-electron chi connectivity index (χ3n) is 4.34. The van der Waals surface area contributed by atoms with Crippen LogP contribution in [0.1, 0.15) is 10.4 Å². The second-order valence-electron chi connectivity index (χ2n) is 6.39. The van der Waals surface area contributed by atoms with Crippen LogP contribution in [-0.4, -0.2) is 33.9 Å². The fourth-order valence-electron chi connectivity index (χ4n) is 2.84. The molecule has 0 radical (unpaired) electrons. The maximum Gasteiger partial charge on any atom is 0.339 e. The molecule has 0 bridgehead atoms. The number of carbonyl (C=O) groups is 2. The van der Waals surface area contributed by atoms with Crippen LogP contribution >= 0.6 is 15.9 Å². The van der Waals surface area contributed by atoms with E-state index in [4.69, 9.17) is 4.74 Å². The third-order valence-corrected chi connectivity index (χ3v) is 6.66. The number of benzene rings is 3. The van der Waals surface area contributed by atoms with Crippen molar-refractivity contribution in [3.05, 3.63) is 88.9 Å². The second kappa shape index (κ2) is 9.76. The smallest absolute Gasteiger partial charge is 0.339 e. The number of nitrogens with zero attached hydrogens (tertiary/aromatic N) is 1. The highest BCUT2D eigenvalue weighted by atomic mass is 79.9. The summed E-state index contributed by atoms with van der Waals surface area (Å²) in [5, 5.41) is 2.61. The van der Waals surface area contributed by atoms with Crippen LogP contribution in [0.3, 0.4) is 0 Å². The van der Waals surface area contributed by atoms with Crippen LogP contribution < -0.4 is 9.62 Å². The first-order chi connectivity index (χ1) is 14.8. The number of sulfonamides is 1. The molecule has 0 saturated carbocycles. The zero-order valence-corrected chi connectivity index (χ0v) is 18.9. The maximum atomic E-state index is 13.3. The van der Waals surface area contributed by atoms with Gasteiger partial charge in [0.2, 0.25) is 5.91 Å². The Balaban J connectivity index is 1.94. The lowest BCUT2D eigenvalue weighted by molar-refractivity contribution is -0.114. The number of hydrogen-bond acceptors (Lipinski definition) is 5. The normalized spacial score (nSPS) is 10.9. The number of esters is 1. The highest BCUT2D eigenvalue weighted by molar-refractivity contribution is 9.10. The van der Waals surface area contributed by atoms with Crippen LogP contribution in [0, 0.1) is 0 Å². The number of carbonyl (C=O) groups excluding carboxylic acids is 2. The second-order valence-corrected chi connectivity index (χ2v) is 9.16. The number of hydrogen-bond donors (Lipinski definition) is 1. The summed E-state index contributed by atoms with van der Waals surface area (Å²) in [7, 11) is -2.78. The first-order valence-electron chi connectivity index (χ1n) is 9.13. The summed E-state index contributed by atoms with van der Waals surface area (Å²) in [4.78, 5) is 24.8. The topological polar surface area (TPSA) is 92.8 Å². The number of amides is 1. The molecule has 9 heteroatoms. The number of rotatable bonds is 7. The van der Waals surface area contributed by atoms with Crippen LogP contribution in [0.2, 0.25) is 0 Å². The Labute approximate surface area is 188 Å². The van der Waals surface area contributed by atoms with Gasteiger partial charge in [0.1, 0.15) is 6.54 Å². The van der Waals surface area contributed by atoms with Crippen molar-refractivity contribution in [2.24, 2.45) is 0 Å². The molecule has 3 aromatic rings. The SMILES string of the molecule is COC(=O)c1ccccc1NC(=O)CN(c1ccc(Br)cc1)S(=O)(=O)c1ccccc1. The average Bonchev–Trinajstić information content (AvgIpc) is 2.78. The summed E-state index contributed by atoms with van der Waals surface area (Å²) < 4.78 is 33.1. The van der Waals surface area contributed by atoms with Crippen LogP contribution in [0.25, 0.3) is 0 Å². The Morgan fingerprint density at radius 1 is 0.935 bits per heavy atom. The highest BCUT2D eigenvalue weighted by Gasteiger charge is 2.27. The first-order valence-corrected chi connectivity index (χ1v) is 11.4. The molecule has 1 amide bonds. The van der Waals surface area contributed by atoms with Gasteiger partial charge < -0.3 is 10.1 Å². The van der Waals surface area contributed by atoms with E-state index in [1.165, 1.54) is 25.3 Å². The standard InChI is InChI=1S/C22H19BrN2O5S/c1-30-22(27)19-9-5-6-10-20(19)24-21(26)15-25(17-13-11-16(23)12-14-17)31(28,29)18-7-3-2-4-8-18/h2-14H,15H2,1H3,(H,24,26). The van der Waals surface area contributed by atoms with Gasteiger partial charge in [-0.1, -0.05) is 46.3 Å². The van der Waals surface area contributed by atoms with Gasteiger partial charge in [-0.2, -0.15) is 0 Å². The molecule has 0 unspecified atom stereocenters. The van der Waals surface area contributed by atoms with Gasteiger partial charge in [0.15, 0.2) is 0 Å². The monoisotopic (exact) mass is 502 g/mol. The molecule has 160 valence electrons. The summed E-state index contributed by atoms with van der Waals surface area (Å²) in [6.45, 7) is -0.492. The number of anilines is 2. The summed E-state index contributed by atoms with van der Waals surface area (Å²) in [6.07, 6.45) is 0. The van der Waals surface area contributed by atoms with Gasteiger partial charge in [0.25, 0.3) is 10.0 Å². The molecular weight excluding hydrogens is 484 g/mol. The van der Waals surface area contributed by atoms with Crippen LogP contribution in [0.5, 0.6) is 0 Å². The summed E-state index contributed by atoms with van der Waals surface area (Å²) in [5.74, 6) is -1.23. The van der Waals surface area contributed by atoms with Gasteiger partial charge >= 0.3 is 5.97 Å². The van der Waals surface area contributed by atoms with Crippen molar-refractivity contribution in [2.45, 2.75) is 4.90 Å².